The highest BCUT2D eigenvalue weighted by molar-refractivity contribution is 6.32. The Labute approximate surface area is 218 Å². The zero-order chi connectivity index (χ0) is 25.7. The Morgan fingerprint density at radius 2 is 1.84 bits per heavy atom. The number of benzene rings is 2. The molecule has 37 heavy (non-hydrogen) atoms. The Kier molecular flexibility index (Phi) is 5.81. The molecule has 2 fully saturated rings. The summed E-state index contributed by atoms with van der Waals surface area (Å²) in [7, 11) is 1.66. The smallest absolute Gasteiger partial charge is 0.332 e. The lowest BCUT2D eigenvalue weighted by molar-refractivity contribution is 0.174. The van der Waals surface area contributed by atoms with Crippen LogP contribution in [0.2, 0.25) is 5.02 Å². The lowest BCUT2D eigenvalue weighted by atomic mass is 9.80. The van der Waals surface area contributed by atoms with E-state index in [-0.39, 0.29) is 17.0 Å². The highest BCUT2D eigenvalue weighted by atomic mass is 35.5. The van der Waals surface area contributed by atoms with Crippen molar-refractivity contribution in [1.82, 2.24) is 19.4 Å². The maximum Gasteiger partial charge on any atom is 0.332 e. The minimum atomic E-state index is -0.476. The van der Waals surface area contributed by atoms with E-state index in [2.05, 4.69) is 15.2 Å². The first-order valence-corrected chi connectivity index (χ1v) is 12.7. The van der Waals surface area contributed by atoms with Crippen molar-refractivity contribution < 1.29 is 9.50 Å². The lowest BCUT2D eigenvalue weighted by Crippen LogP contribution is -2.65. The molecule has 2 saturated heterocycles. The molecule has 190 valence electrons. The van der Waals surface area contributed by atoms with E-state index in [1.807, 2.05) is 6.07 Å². The van der Waals surface area contributed by atoms with Gasteiger partial charge in [-0.2, -0.15) is 0 Å². The second kappa shape index (κ2) is 9.04. The van der Waals surface area contributed by atoms with Crippen LogP contribution >= 0.6 is 11.6 Å². The molecule has 0 bridgehead atoms. The summed E-state index contributed by atoms with van der Waals surface area (Å²) >= 11 is 6.53. The number of pyridine rings is 1. The van der Waals surface area contributed by atoms with Crippen molar-refractivity contribution in [2.45, 2.75) is 24.8 Å². The van der Waals surface area contributed by atoms with Crippen LogP contribution < -0.4 is 15.9 Å². The summed E-state index contributed by atoms with van der Waals surface area (Å²) in [6, 6.07) is 11.4. The molecular weight excluding hydrogens is 493 g/mol. The van der Waals surface area contributed by atoms with E-state index in [1.54, 1.807) is 49.9 Å². The number of aromatic hydroxyl groups is 1. The number of nitrogens with one attached hydrogen (secondary N) is 1. The number of hydrogen-bond donors (Lipinski definition) is 2. The average molecular weight is 520 g/mol. The molecule has 2 N–H and O–H groups in total. The van der Waals surface area contributed by atoms with E-state index in [0.717, 1.165) is 44.7 Å². The molecule has 0 aliphatic carbocycles. The Morgan fingerprint density at radius 1 is 1.08 bits per heavy atom. The number of aromatic nitrogens is 3. The van der Waals surface area contributed by atoms with Gasteiger partial charge in [0.25, 0.3) is 0 Å². The summed E-state index contributed by atoms with van der Waals surface area (Å²) < 4.78 is 17.7. The van der Waals surface area contributed by atoms with Crippen LogP contribution in [0.15, 0.2) is 65.8 Å². The summed E-state index contributed by atoms with van der Waals surface area (Å²) in [5.41, 5.74) is 2.37. The van der Waals surface area contributed by atoms with Crippen molar-refractivity contribution in [2.24, 2.45) is 7.05 Å². The normalized spacial score (nSPS) is 19.3. The van der Waals surface area contributed by atoms with Crippen LogP contribution in [0.4, 0.5) is 10.2 Å². The monoisotopic (exact) mass is 519 g/mol. The number of rotatable bonds is 4. The van der Waals surface area contributed by atoms with E-state index >= 15 is 0 Å². The minimum Gasteiger partial charge on any atom is -0.507 e. The molecule has 9 heteroatoms. The van der Waals surface area contributed by atoms with Gasteiger partial charge in [0.05, 0.1) is 10.7 Å². The van der Waals surface area contributed by atoms with Crippen LogP contribution in [0.25, 0.3) is 27.9 Å². The number of halogens is 2. The van der Waals surface area contributed by atoms with E-state index in [0.29, 0.717) is 33.0 Å². The zero-order valence-electron chi connectivity index (χ0n) is 20.4. The van der Waals surface area contributed by atoms with Crippen LogP contribution in [-0.4, -0.2) is 44.4 Å². The molecular formula is C28H27ClFN5O2. The highest BCUT2D eigenvalue weighted by Crippen LogP contribution is 2.41. The van der Waals surface area contributed by atoms with Crippen LogP contribution in [0.3, 0.4) is 0 Å². The van der Waals surface area contributed by atoms with E-state index < -0.39 is 5.82 Å². The first kappa shape index (κ1) is 23.8. The first-order chi connectivity index (χ1) is 17.8. The lowest BCUT2D eigenvalue weighted by Gasteiger charge is -2.50. The molecule has 1 atom stereocenters. The topological polar surface area (TPSA) is 75.3 Å². The first-order valence-electron chi connectivity index (χ1n) is 12.4. The Bertz CT molecular complexity index is 1560. The highest BCUT2D eigenvalue weighted by Gasteiger charge is 2.40. The molecule has 6 rings (SSSR count). The van der Waals surface area contributed by atoms with Gasteiger partial charge in [0.1, 0.15) is 17.4 Å². The zero-order valence-corrected chi connectivity index (χ0v) is 21.2. The van der Waals surface area contributed by atoms with Gasteiger partial charge in [-0.05, 0) is 73.3 Å². The molecule has 2 aliphatic rings. The predicted molar refractivity (Wildman–Crippen MR) is 143 cm³/mol. The quantitative estimate of drug-likeness (QED) is 0.407. The maximum atomic E-state index is 14.9. The third-order valence-electron chi connectivity index (χ3n) is 7.60. The van der Waals surface area contributed by atoms with Crippen LogP contribution in [0.1, 0.15) is 19.3 Å². The standard InChI is InChI=1S/C28H27ClFN5O2/c1-33-11-12-35(27(33)37)24-4-3-18(13-23(24)29)21-15-20(30)16-22(26(21)36)19-5-8-31-25(14-19)34-10-2-6-28(17-34)7-9-32-28/h3-5,8,11-16,32,36H,2,6-7,9-10,17H2,1H3. The molecule has 0 amide bonds. The van der Waals surface area contributed by atoms with Crippen LogP contribution in [-0.2, 0) is 7.05 Å². The number of phenols is 1. The third-order valence-corrected chi connectivity index (χ3v) is 7.90. The van der Waals surface area contributed by atoms with Crippen molar-refractivity contribution in [3.05, 3.63) is 82.4 Å². The predicted octanol–water partition coefficient (Wildman–Crippen LogP) is 4.74. The van der Waals surface area contributed by atoms with E-state index in [4.69, 9.17) is 11.6 Å². The molecule has 1 spiro atoms. The Hall–Kier alpha value is -3.62. The summed E-state index contributed by atoms with van der Waals surface area (Å²) in [5.74, 6) is 0.294. The second-order valence-corrected chi connectivity index (χ2v) is 10.4. The SMILES string of the molecule is Cn1ccn(-c2ccc(-c3cc(F)cc(-c4ccnc(N5CCCC6(CCN6)C5)c4)c3O)cc2Cl)c1=O. The summed E-state index contributed by atoms with van der Waals surface area (Å²) in [6.45, 7) is 2.85. The molecule has 4 aromatic rings. The van der Waals surface area contributed by atoms with Crippen molar-refractivity contribution in [2.75, 3.05) is 24.5 Å². The number of imidazole rings is 1. The van der Waals surface area contributed by atoms with Gasteiger partial charge in [-0.15, -0.1) is 0 Å². The molecule has 0 radical (unpaired) electrons. The fourth-order valence-corrected chi connectivity index (χ4v) is 5.74. The average Bonchev–Trinajstić information content (AvgIpc) is 3.22. The van der Waals surface area contributed by atoms with Crippen LogP contribution in [0, 0.1) is 5.82 Å². The number of phenolic OH excluding ortho intramolecular Hbond substituents is 1. The van der Waals surface area contributed by atoms with Gasteiger partial charge in [0.2, 0.25) is 0 Å². The Morgan fingerprint density at radius 3 is 2.49 bits per heavy atom. The van der Waals surface area contributed by atoms with Crippen molar-refractivity contribution in [3.63, 3.8) is 0 Å². The van der Waals surface area contributed by atoms with E-state index in [1.165, 1.54) is 21.3 Å². The van der Waals surface area contributed by atoms with Crippen molar-refractivity contribution in [3.8, 4) is 33.7 Å². The number of hydrogen-bond acceptors (Lipinski definition) is 5. The molecule has 2 aromatic heterocycles. The van der Waals surface area contributed by atoms with Gasteiger partial charge in [-0.25, -0.2) is 14.2 Å². The van der Waals surface area contributed by atoms with Gasteiger partial charge in [-0.1, -0.05) is 17.7 Å². The fraction of sp³-hybridized carbons (Fsp3) is 0.286. The molecule has 2 aromatic carbocycles. The van der Waals surface area contributed by atoms with Gasteiger partial charge < -0.3 is 19.9 Å². The van der Waals surface area contributed by atoms with Gasteiger partial charge >= 0.3 is 5.69 Å². The molecule has 1 unspecified atom stereocenters. The summed E-state index contributed by atoms with van der Waals surface area (Å²) in [6.07, 6.45) is 8.39. The summed E-state index contributed by atoms with van der Waals surface area (Å²) in [5, 5.41) is 15.2. The van der Waals surface area contributed by atoms with Gasteiger partial charge in [0.15, 0.2) is 0 Å². The Balaban J connectivity index is 1.36. The molecule has 7 nitrogen and oxygen atoms in total. The van der Waals surface area contributed by atoms with Gasteiger partial charge in [0, 0.05) is 55.4 Å². The van der Waals surface area contributed by atoms with Crippen molar-refractivity contribution >= 4 is 17.4 Å². The second-order valence-electron chi connectivity index (χ2n) is 9.96. The third kappa shape index (κ3) is 4.20. The maximum absolute atomic E-state index is 14.9. The molecule has 2 aliphatic heterocycles. The molecule has 0 saturated carbocycles. The van der Waals surface area contributed by atoms with Gasteiger partial charge in [-0.3, -0.25) is 4.57 Å². The number of aryl methyl sites for hydroxylation is 1. The minimum absolute atomic E-state index is 0.0463. The molecule has 4 heterocycles. The van der Waals surface area contributed by atoms with E-state index in [9.17, 15) is 14.3 Å². The number of anilines is 1. The number of nitrogens with zero attached hydrogens (tertiary/aromatic N) is 4. The van der Waals surface area contributed by atoms with Crippen LogP contribution in [0.5, 0.6) is 5.75 Å². The number of piperidine rings is 1. The summed E-state index contributed by atoms with van der Waals surface area (Å²) in [4.78, 5) is 19.2. The van der Waals surface area contributed by atoms with Crippen molar-refractivity contribution in [1.29, 1.82) is 0 Å². The largest absolute Gasteiger partial charge is 0.507 e. The fourth-order valence-electron chi connectivity index (χ4n) is 5.47.